The molecule has 2 aliphatic rings. The quantitative estimate of drug-likeness (QED) is 0.312. The number of aliphatic imine (C=N–C) groups is 2. The van der Waals surface area contributed by atoms with Crippen molar-refractivity contribution in [2.24, 2.45) is 9.98 Å². The molecule has 2 aliphatic heterocycles. The van der Waals surface area contributed by atoms with E-state index in [1.54, 1.807) is 0 Å². The van der Waals surface area contributed by atoms with Gasteiger partial charge in [0.25, 0.3) is 0 Å². The molecule has 9 heteroatoms. The zero-order chi connectivity index (χ0) is 22.5. The molecule has 0 atom stereocenters. The number of hydrogen-bond acceptors (Lipinski definition) is 6. The Morgan fingerprint density at radius 2 is 1.03 bits per heavy atom. The lowest BCUT2D eigenvalue weighted by Crippen LogP contribution is -2.19. The minimum absolute atomic E-state index is 0. The fraction of sp³-hybridized carbons (Fsp3) is 0.154. The van der Waals surface area contributed by atoms with Crippen LogP contribution < -0.4 is 10.6 Å². The lowest BCUT2D eigenvalue weighted by Gasteiger charge is -2.03. The van der Waals surface area contributed by atoms with Crippen molar-refractivity contribution in [2.45, 2.75) is 0 Å². The van der Waals surface area contributed by atoms with Gasteiger partial charge in [0.2, 0.25) is 0 Å². The summed E-state index contributed by atoms with van der Waals surface area (Å²) in [6, 6.07) is 20.7. The maximum atomic E-state index is 4.80. The molecule has 0 bridgehead atoms. The van der Waals surface area contributed by atoms with Gasteiger partial charge < -0.3 is 20.6 Å². The number of benzene rings is 3. The number of rotatable bonds is 4. The monoisotopic (exact) mass is 482 g/mol. The molecule has 0 amide bonds. The number of halogens is 1. The standard InChI is InChI=1S/C26H22N8.ClH/c1-3-16(4-2-15(1)23-27-9-10-28-23)25-31-19-8-6-18(14-22(19)33-25)26-32-20-7-5-17(13-21(20)34-26)24-29-11-12-30-24;/h1-8,13-14H,9-12H2,(H,27,28)(H,29,30)(H,31,33)(H,32,34);1H. The highest BCUT2D eigenvalue weighted by Gasteiger charge is 2.13. The van der Waals surface area contributed by atoms with Crippen LogP contribution in [0.3, 0.4) is 0 Å². The Kier molecular flexibility index (Phi) is 5.22. The normalized spacial score (nSPS) is 15.0. The van der Waals surface area contributed by atoms with Crippen LogP contribution in [0.1, 0.15) is 11.1 Å². The summed E-state index contributed by atoms with van der Waals surface area (Å²) in [4.78, 5) is 25.5. The summed E-state index contributed by atoms with van der Waals surface area (Å²) in [5.74, 6) is 3.59. The minimum atomic E-state index is 0. The third-order valence-electron chi connectivity index (χ3n) is 6.29. The first-order valence-corrected chi connectivity index (χ1v) is 11.5. The molecular formula is C26H23ClN8. The molecule has 35 heavy (non-hydrogen) atoms. The lowest BCUT2D eigenvalue weighted by molar-refractivity contribution is 0.960. The van der Waals surface area contributed by atoms with Crippen LogP contribution in [-0.4, -0.2) is 57.8 Å². The van der Waals surface area contributed by atoms with Crippen LogP contribution in [-0.2, 0) is 0 Å². The molecule has 0 saturated heterocycles. The number of aromatic nitrogens is 4. The van der Waals surface area contributed by atoms with E-state index in [9.17, 15) is 0 Å². The zero-order valence-corrected chi connectivity index (χ0v) is 19.6. The Morgan fingerprint density at radius 3 is 1.63 bits per heavy atom. The fourth-order valence-corrected chi connectivity index (χ4v) is 4.56. The van der Waals surface area contributed by atoms with Gasteiger partial charge in [-0.1, -0.05) is 24.3 Å². The van der Waals surface area contributed by atoms with Gasteiger partial charge >= 0.3 is 0 Å². The van der Waals surface area contributed by atoms with Crippen LogP contribution in [0, 0.1) is 0 Å². The molecule has 0 radical (unpaired) electrons. The van der Waals surface area contributed by atoms with Crippen molar-refractivity contribution in [3.63, 3.8) is 0 Å². The van der Waals surface area contributed by atoms with Gasteiger partial charge in [0.05, 0.1) is 35.2 Å². The number of H-pyrrole nitrogens is 2. The smallest absolute Gasteiger partial charge is 0.138 e. The average Bonchev–Trinajstić information content (AvgIpc) is 3.69. The van der Waals surface area contributed by atoms with Gasteiger partial charge in [0, 0.05) is 35.3 Å². The maximum absolute atomic E-state index is 4.80. The molecule has 4 heterocycles. The first-order valence-electron chi connectivity index (χ1n) is 11.5. The van der Waals surface area contributed by atoms with E-state index >= 15 is 0 Å². The summed E-state index contributed by atoms with van der Waals surface area (Å²) in [6.07, 6.45) is 0. The van der Waals surface area contributed by atoms with Crippen molar-refractivity contribution in [1.29, 1.82) is 0 Å². The number of fused-ring (bicyclic) bond motifs is 2. The van der Waals surface area contributed by atoms with Crippen molar-refractivity contribution in [1.82, 2.24) is 30.6 Å². The highest BCUT2D eigenvalue weighted by atomic mass is 35.5. The second-order valence-electron chi connectivity index (χ2n) is 8.53. The van der Waals surface area contributed by atoms with E-state index in [0.717, 1.165) is 93.8 Å². The predicted octanol–water partition coefficient (Wildman–Crippen LogP) is 3.89. The molecule has 2 aromatic heterocycles. The maximum Gasteiger partial charge on any atom is 0.138 e. The zero-order valence-electron chi connectivity index (χ0n) is 18.8. The number of amidine groups is 2. The molecule has 7 rings (SSSR count). The fourth-order valence-electron chi connectivity index (χ4n) is 4.56. The second-order valence-corrected chi connectivity index (χ2v) is 8.53. The number of aromatic amines is 2. The first kappa shape index (κ1) is 21.4. The largest absolute Gasteiger partial charge is 0.368 e. The summed E-state index contributed by atoms with van der Waals surface area (Å²) in [7, 11) is 0. The Balaban J connectivity index is 0.00000229. The SMILES string of the molecule is Cl.c1cc(-c2nc3ccc(-c4nc5ccc(C6=NCCN6)cc5[nH]4)cc3[nH]2)ccc1C1=NCCN1. The van der Waals surface area contributed by atoms with Gasteiger partial charge in [-0.15, -0.1) is 12.4 Å². The molecule has 0 unspecified atom stereocenters. The molecule has 4 N–H and O–H groups in total. The van der Waals surface area contributed by atoms with E-state index in [4.69, 9.17) is 9.97 Å². The third kappa shape index (κ3) is 3.81. The van der Waals surface area contributed by atoms with Gasteiger partial charge in [-0.05, 0) is 36.4 Å². The number of nitrogens with one attached hydrogen (secondary N) is 4. The molecular weight excluding hydrogens is 460 g/mol. The van der Waals surface area contributed by atoms with Crippen LogP contribution >= 0.6 is 12.4 Å². The average molecular weight is 483 g/mol. The van der Waals surface area contributed by atoms with Gasteiger partial charge in [-0.3, -0.25) is 9.98 Å². The van der Waals surface area contributed by atoms with Gasteiger partial charge in [0.15, 0.2) is 0 Å². The van der Waals surface area contributed by atoms with Crippen LogP contribution in [0.15, 0.2) is 70.6 Å². The molecule has 3 aromatic carbocycles. The van der Waals surface area contributed by atoms with E-state index < -0.39 is 0 Å². The molecule has 8 nitrogen and oxygen atoms in total. The van der Waals surface area contributed by atoms with Crippen LogP contribution in [0.5, 0.6) is 0 Å². The van der Waals surface area contributed by atoms with Crippen molar-refractivity contribution in [3.05, 3.63) is 71.8 Å². The Labute approximate surface area is 207 Å². The van der Waals surface area contributed by atoms with E-state index in [0.29, 0.717) is 0 Å². The predicted molar refractivity (Wildman–Crippen MR) is 143 cm³/mol. The summed E-state index contributed by atoms with van der Waals surface area (Å²) >= 11 is 0. The topological polar surface area (TPSA) is 106 Å². The van der Waals surface area contributed by atoms with E-state index in [1.165, 1.54) is 0 Å². The Hall–Kier alpha value is -4.17. The van der Waals surface area contributed by atoms with Crippen molar-refractivity contribution in [3.8, 4) is 22.8 Å². The molecule has 0 aliphatic carbocycles. The van der Waals surface area contributed by atoms with Crippen molar-refractivity contribution in [2.75, 3.05) is 26.2 Å². The lowest BCUT2D eigenvalue weighted by atomic mass is 10.1. The van der Waals surface area contributed by atoms with Crippen LogP contribution in [0.4, 0.5) is 0 Å². The number of imidazole rings is 2. The minimum Gasteiger partial charge on any atom is -0.368 e. The number of hydrogen-bond donors (Lipinski definition) is 4. The van der Waals surface area contributed by atoms with Gasteiger partial charge in [0.1, 0.15) is 23.3 Å². The Bertz CT molecular complexity index is 1610. The van der Waals surface area contributed by atoms with E-state index in [1.807, 2.05) is 12.1 Å². The Morgan fingerprint density at radius 1 is 0.543 bits per heavy atom. The summed E-state index contributed by atoms with van der Waals surface area (Å²) < 4.78 is 0. The summed E-state index contributed by atoms with van der Waals surface area (Å²) in [6.45, 7) is 3.46. The van der Waals surface area contributed by atoms with E-state index in [2.05, 4.69) is 79.1 Å². The van der Waals surface area contributed by atoms with Crippen LogP contribution in [0.25, 0.3) is 44.8 Å². The summed E-state index contributed by atoms with van der Waals surface area (Å²) in [5, 5.41) is 6.64. The molecule has 0 saturated carbocycles. The third-order valence-corrected chi connectivity index (χ3v) is 6.29. The molecule has 5 aromatic rings. The van der Waals surface area contributed by atoms with Crippen LogP contribution in [0.2, 0.25) is 0 Å². The molecule has 174 valence electrons. The highest BCUT2D eigenvalue weighted by molar-refractivity contribution is 6.02. The van der Waals surface area contributed by atoms with Gasteiger partial charge in [-0.2, -0.15) is 0 Å². The van der Waals surface area contributed by atoms with Crippen molar-refractivity contribution < 1.29 is 0 Å². The number of nitrogens with zero attached hydrogens (tertiary/aromatic N) is 4. The second kappa shape index (κ2) is 8.56. The molecule has 0 spiro atoms. The van der Waals surface area contributed by atoms with Gasteiger partial charge in [-0.25, -0.2) is 9.97 Å². The van der Waals surface area contributed by atoms with E-state index in [-0.39, 0.29) is 12.4 Å². The van der Waals surface area contributed by atoms with Crippen molar-refractivity contribution >= 4 is 46.1 Å². The first-order chi connectivity index (χ1) is 16.8. The molecule has 0 fully saturated rings. The highest BCUT2D eigenvalue weighted by Crippen LogP contribution is 2.27. The summed E-state index contributed by atoms with van der Waals surface area (Å²) in [5.41, 5.74) is 8.06.